The predicted molar refractivity (Wildman–Crippen MR) is 67.1 cm³/mol. The first-order valence-electron chi connectivity index (χ1n) is 6.00. The highest BCUT2D eigenvalue weighted by Gasteiger charge is 2.30. The standard InChI is InChI=1S/C13H10F3N3O3/c1-22-12(21)10-6-19(18-17-10)7-11(20)8-3-2-4-9(5-8)13(14,15)16/h2-6H,7H2,1H3. The minimum absolute atomic E-state index is 0.0978. The first-order chi connectivity index (χ1) is 10.3. The number of halogens is 3. The molecule has 0 aliphatic heterocycles. The lowest BCUT2D eigenvalue weighted by molar-refractivity contribution is -0.137. The molecule has 2 aromatic rings. The number of esters is 1. The molecule has 9 heteroatoms. The molecule has 0 aliphatic rings. The molecule has 0 amide bonds. The molecule has 116 valence electrons. The molecule has 0 aliphatic carbocycles. The van der Waals surface area contributed by atoms with Crippen molar-refractivity contribution in [2.24, 2.45) is 0 Å². The van der Waals surface area contributed by atoms with E-state index in [1.807, 2.05) is 0 Å². The lowest BCUT2D eigenvalue weighted by Gasteiger charge is -2.08. The molecule has 22 heavy (non-hydrogen) atoms. The van der Waals surface area contributed by atoms with Gasteiger partial charge in [-0.05, 0) is 12.1 Å². The molecule has 0 saturated heterocycles. The van der Waals surface area contributed by atoms with Crippen molar-refractivity contribution in [3.8, 4) is 0 Å². The van der Waals surface area contributed by atoms with Gasteiger partial charge in [0.25, 0.3) is 0 Å². The Hall–Kier alpha value is -2.71. The maximum atomic E-state index is 12.6. The zero-order chi connectivity index (χ0) is 16.3. The second-order valence-corrected chi connectivity index (χ2v) is 4.29. The normalized spacial score (nSPS) is 11.3. The Balaban J connectivity index is 2.16. The average molecular weight is 313 g/mol. The van der Waals surface area contributed by atoms with Gasteiger partial charge in [-0.1, -0.05) is 17.3 Å². The van der Waals surface area contributed by atoms with Crippen molar-refractivity contribution in [1.82, 2.24) is 15.0 Å². The number of carbonyl (C=O) groups excluding carboxylic acids is 2. The van der Waals surface area contributed by atoms with Crippen LogP contribution in [0.2, 0.25) is 0 Å². The van der Waals surface area contributed by atoms with Crippen LogP contribution < -0.4 is 0 Å². The molecule has 1 heterocycles. The quantitative estimate of drug-likeness (QED) is 0.637. The molecule has 0 spiro atoms. The lowest BCUT2D eigenvalue weighted by atomic mass is 10.1. The third-order valence-corrected chi connectivity index (χ3v) is 2.75. The van der Waals surface area contributed by atoms with Crippen LogP contribution in [-0.2, 0) is 17.5 Å². The van der Waals surface area contributed by atoms with Crippen molar-refractivity contribution in [2.75, 3.05) is 7.11 Å². The second-order valence-electron chi connectivity index (χ2n) is 4.29. The Labute approximate surface area is 122 Å². The van der Waals surface area contributed by atoms with E-state index in [1.54, 1.807) is 0 Å². The van der Waals surface area contributed by atoms with Gasteiger partial charge >= 0.3 is 12.1 Å². The van der Waals surface area contributed by atoms with Gasteiger partial charge in [-0.2, -0.15) is 13.2 Å². The van der Waals surface area contributed by atoms with Gasteiger partial charge in [0, 0.05) is 5.56 Å². The number of ketones is 1. The molecule has 0 unspecified atom stereocenters. The number of alkyl halides is 3. The number of methoxy groups -OCH3 is 1. The molecule has 6 nitrogen and oxygen atoms in total. The van der Waals surface area contributed by atoms with Crippen molar-refractivity contribution in [1.29, 1.82) is 0 Å². The number of hydrogen-bond donors (Lipinski definition) is 0. The molecule has 1 aromatic carbocycles. The summed E-state index contributed by atoms with van der Waals surface area (Å²) in [6.45, 7) is -0.342. The van der Waals surface area contributed by atoms with Crippen LogP contribution >= 0.6 is 0 Å². The van der Waals surface area contributed by atoms with E-state index in [1.165, 1.54) is 12.3 Å². The van der Waals surface area contributed by atoms with Gasteiger partial charge in [-0.3, -0.25) is 4.79 Å². The summed E-state index contributed by atoms with van der Waals surface area (Å²) in [5, 5.41) is 7.04. The summed E-state index contributed by atoms with van der Waals surface area (Å²) in [6.07, 6.45) is -3.35. The zero-order valence-corrected chi connectivity index (χ0v) is 11.3. The third-order valence-electron chi connectivity index (χ3n) is 2.75. The Morgan fingerprint density at radius 1 is 1.32 bits per heavy atom. The molecule has 1 aromatic heterocycles. The van der Waals surface area contributed by atoms with Gasteiger partial charge in [0.1, 0.15) is 6.54 Å². The minimum atomic E-state index is -4.53. The van der Waals surface area contributed by atoms with Gasteiger partial charge in [-0.25, -0.2) is 9.48 Å². The highest BCUT2D eigenvalue weighted by Crippen LogP contribution is 2.29. The van der Waals surface area contributed by atoms with Crippen LogP contribution in [0.25, 0.3) is 0 Å². The number of hydrogen-bond acceptors (Lipinski definition) is 5. The van der Waals surface area contributed by atoms with Crippen molar-refractivity contribution in [2.45, 2.75) is 12.7 Å². The van der Waals surface area contributed by atoms with Crippen molar-refractivity contribution >= 4 is 11.8 Å². The first-order valence-corrected chi connectivity index (χ1v) is 6.00. The highest BCUT2D eigenvalue weighted by molar-refractivity contribution is 5.96. The van der Waals surface area contributed by atoms with Crippen LogP contribution in [-0.4, -0.2) is 33.9 Å². The van der Waals surface area contributed by atoms with Gasteiger partial charge in [0.15, 0.2) is 11.5 Å². The van der Waals surface area contributed by atoms with E-state index < -0.39 is 23.5 Å². The SMILES string of the molecule is COC(=O)c1cn(CC(=O)c2cccc(C(F)(F)F)c2)nn1. The molecule has 0 N–H and O–H groups in total. The number of nitrogens with zero attached hydrogens (tertiary/aromatic N) is 3. The fourth-order valence-electron chi connectivity index (χ4n) is 1.68. The van der Waals surface area contributed by atoms with E-state index in [-0.39, 0.29) is 17.8 Å². The van der Waals surface area contributed by atoms with Crippen LogP contribution in [0.1, 0.15) is 26.4 Å². The maximum Gasteiger partial charge on any atom is 0.416 e. The molecule has 0 radical (unpaired) electrons. The fourth-order valence-corrected chi connectivity index (χ4v) is 1.68. The molecule has 0 bridgehead atoms. The maximum absolute atomic E-state index is 12.6. The average Bonchev–Trinajstić information content (AvgIpc) is 2.94. The number of rotatable bonds is 4. The summed E-state index contributed by atoms with van der Waals surface area (Å²) in [7, 11) is 1.16. The minimum Gasteiger partial charge on any atom is -0.464 e. The van der Waals surface area contributed by atoms with Crippen LogP contribution in [0, 0.1) is 0 Å². The van der Waals surface area contributed by atoms with Crippen LogP contribution in [0.5, 0.6) is 0 Å². The van der Waals surface area contributed by atoms with Crippen molar-refractivity contribution in [3.63, 3.8) is 0 Å². The smallest absolute Gasteiger partial charge is 0.416 e. The van der Waals surface area contributed by atoms with E-state index >= 15 is 0 Å². The summed E-state index contributed by atoms with van der Waals surface area (Å²) in [5.41, 5.74) is -1.11. The molecule has 0 fully saturated rings. The van der Waals surface area contributed by atoms with Crippen molar-refractivity contribution in [3.05, 3.63) is 47.3 Å². The Morgan fingerprint density at radius 3 is 2.68 bits per heavy atom. The molecule has 2 rings (SSSR count). The second kappa shape index (κ2) is 5.96. The topological polar surface area (TPSA) is 74.1 Å². The zero-order valence-electron chi connectivity index (χ0n) is 11.3. The molecule has 0 atom stereocenters. The summed E-state index contributed by atoms with van der Waals surface area (Å²) < 4.78 is 43.3. The Bertz CT molecular complexity index is 710. The van der Waals surface area contributed by atoms with E-state index in [0.29, 0.717) is 0 Å². The van der Waals surface area contributed by atoms with Gasteiger partial charge in [0.05, 0.1) is 18.9 Å². The number of aromatic nitrogens is 3. The molecule has 0 saturated carbocycles. The van der Waals surface area contributed by atoms with Crippen LogP contribution in [0.15, 0.2) is 30.5 Å². The fraction of sp³-hybridized carbons (Fsp3) is 0.231. The monoisotopic (exact) mass is 313 g/mol. The Kier molecular flexibility index (Phi) is 4.25. The lowest BCUT2D eigenvalue weighted by Crippen LogP contribution is -2.13. The first kappa shape index (κ1) is 15.7. The summed E-state index contributed by atoms with van der Waals surface area (Å²) >= 11 is 0. The largest absolute Gasteiger partial charge is 0.464 e. The van der Waals surface area contributed by atoms with E-state index in [4.69, 9.17) is 0 Å². The van der Waals surface area contributed by atoms with Gasteiger partial charge in [0.2, 0.25) is 0 Å². The summed E-state index contributed by atoms with van der Waals surface area (Å²) in [4.78, 5) is 23.2. The Morgan fingerprint density at radius 2 is 2.05 bits per heavy atom. The van der Waals surface area contributed by atoms with E-state index in [2.05, 4.69) is 15.0 Å². The van der Waals surface area contributed by atoms with Crippen LogP contribution in [0.4, 0.5) is 13.2 Å². The predicted octanol–water partition coefficient (Wildman–Crippen LogP) is 1.97. The number of benzene rings is 1. The van der Waals surface area contributed by atoms with Gasteiger partial charge in [-0.15, -0.1) is 5.10 Å². The molecular formula is C13H10F3N3O3. The van der Waals surface area contributed by atoms with E-state index in [0.717, 1.165) is 30.0 Å². The van der Waals surface area contributed by atoms with E-state index in [9.17, 15) is 22.8 Å². The van der Waals surface area contributed by atoms with Crippen LogP contribution in [0.3, 0.4) is 0 Å². The summed E-state index contributed by atoms with van der Waals surface area (Å²) in [6, 6.07) is 4.06. The van der Waals surface area contributed by atoms with Crippen molar-refractivity contribution < 1.29 is 27.5 Å². The third kappa shape index (κ3) is 3.48. The molecular weight excluding hydrogens is 303 g/mol. The number of carbonyl (C=O) groups is 2. The number of ether oxygens (including phenoxy) is 1. The summed E-state index contributed by atoms with van der Waals surface area (Å²) in [5.74, 6) is -1.31. The highest BCUT2D eigenvalue weighted by atomic mass is 19.4. The van der Waals surface area contributed by atoms with Gasteiger partial charge < -0.3 is 4.74 Å². The number of Topliss-reactive ketones (excluding diaryl/α,β-unsaturated/α-hetero) is 1.